The van der Waals surface area contributed by atoms with Crippen molar-refractivity contribution in [1.82, 2.24) is 9.88 Å². The zero-order chi connectivity index (χ0) is 18.2. The second-order valence-electron chi connectivity index (χ2n) is 7.30. The standard InChI is InChI=1S/C20H22N6S/c1-26-8-3-2-4-14(26)11-21-20-16-7-9-27-19(16)15-6-5-13(10-17(15)23-20)18-12-22-25-24-18/h5-7,9-10,14H,2-4,8,11-12H2,1H3,(H,21,23). The summed E-state index contributed by atoms with van der Waals surface area (Å²) in [5.41, 5.74) is 2.95. The number of nitrogens with zero attached hydrogens (tertiary/aromatic N) is 5. The molecular formula is C20H22N6S. The van der Waals surface area contributed by atoms with E-state index in [0.717, 1.165) is 29.2 Å². The van der Waals surface area contributed by atoms with Gasteiger partial charge in [-0.05, 0) is 49.2 Å². The van der Waals surface area contributed by atoms with E-state index in [1.54, 1.807) is 11.3 Å². The van der Waals surface area contributed by atoms with E-state index in [9.17, 15) is 0 Å². The van der Waals surface area contributed by atoms with Crippen LogP contribution in [0.5, 0.6) is 0 Å². The number of hydrogen-bond donors (Lipinski definition) is 1. The number of likely N-dealkylation sites (N-methyl/N-ethyl adjacent to an activating group) is 1. The van der Waals surface area contributed by atoms with Gasteiger partial charge in [-0.2, -0.15) is 5.11 Å². The van der Waals surface area contributed by atoms with Crippen molar-refractivity contribution in [2.24, 2.45) is 15.4 Å². The van der Waals surface area contributed by atoms with Crippen LogP contribution >= 0.6 is 11.3 Å². The molecule has 6 nitrogen and oxygen atoms in total. The Kier molecular flexibility index (Phi) is 4.33. The summed E-state index contributed by atoms with van der Waals surface area (Å²) in [5, 5.41) is 20.0. The van der Waals surface area contributed by atoms with Crippen molar-refractivity contribution in [3.8, 4) is 0 Å². The Balaban J connectivity index is 1.51. The Hall–Kier alpha value is -2.38. The number of thiophene rings is 1. The first-order valence-corrected chi connectivity index (χ1v) is 10.4. The van der Waals surface area contributed by atoms with Crippen LogP contribution in [-0.2, 0) is 0 Å². The van der Waals surface area contributed by atoms with Crippen molar-refractivity contribution in [2.75, 3.05) is 32.0 Å². The monoisotopic (exact) mass is 378 g/mol. The molecule has 1 aromatic carbocycles. The maximum Gasteiger partial charge on any atom is 0.135 e. The molecule has 1 atom stereocenters. The molecule has 1 unspecified atom stereocenters. The second kappa shape index (κ2) is 6.98. The molecule has 2 aromatic heterocycles. The summed E-state index contributed by atoms with van der Waals surface area (Å²) in [7, 11) is 2.23. The Morgan fingerprint density at radius 2 is 2.19 bits per heavy atom. The average molecular weight is 379 g/mol. The van der Waals surface area contributed by atoms with Gasteiger partial charge in [0.2, 0.25) is 0 Å². The second-order valence-corrected chi connectivity index (χ2v) is 8.22. The van der Waals surface area contributed by atoms with Gasteiger partial charge in [0.1, 0.15) is 12.4 Å². The number of aromatic nitrogens is 1. The number of fused-ring (bicyclic) bond motifs is 3. The predicted molar refractivity (Wildman–Crippen MR) is 112 cm³/mol. The van der Waals surface area contributed by atoms with Gasteiger partial charge in [-0.1, -0.05) is 18.6 Å². The molecule has 5 rings (SSSR count). The third-order valence-electron chi connectivity index (χ3n) is 5.60. The van der Waals surface area contributed by atoms with Gasteiger partial charge in [-0.25, -0.2) is 4.98 Å². The molecule has 7 heteroatoms. The Morgan fingerprint density at radius 3 is 3.04 bits per heavy atom. The van der Waals surface area contributed by atoms with Gasteiger partial charge in [-0.3, -0.25) is 0 Å². The first-order chi connectivity index (χ1) is 13.3. The minimum atomic E-state index is 0.547. The largest absolute Gasteiger partial charge is 0.368 e. The number of anilines is 1. The molecule has 1 saturated heterocycles. The topological polar surface area (TPSA) is 65.2 Å². The lowest BCUT2D eigenvalue weighted by Crippen LogP contribution is -2.40. The minimum absolute atomic E-state index is 0.547. The van der Waals surface area contributed by atoms with E-state index in [2.05, 4.69) is 62.3 Å². The molecule has 2 aliphatic heterocycles. The first-order valence-electron chi connectivity index (χ1n) is 9.48. The summed E-state index contributed by atoms with van der Waals surface area (Å²) in [6.45, 7) is 2.67. The van der Waals surface area contributed by atoms with E-state index >= 15 is 0 Å². The van der Waals surface area contributed by atoms with Crippen molar-refractivity contribution < 1.29 is 0 Å². The van der Waals surface area contributed by atoms with Crippen LogP contribution in [0, 0.1) is 0 Å². The van der Waals surface area contributed by atoms with E-state index in [4.69, 9.17) is 4.98 Å². The summed E-state index contributed by atoms with van der Waals surface area (Å²) in [6.07, 6.45) is 3.87. The predicted octanol–water partition coefficient (Wildman–Crippen LogP) is 4.52. The maximum absolute atomic E-state index is 4.98. The van der Waals surface area contributed by atoms with Gasteiger partial charge in [0.15, 0.2) is 0 Å². The molecule has 0 radical (unpaired) electrons. The fourth-order valence-corrected chi connectivity index (χ4v) is 4.93. The van der Waals surface area contributed by atoms with Gasteiger partial charge >= 0.3 is 0 Å². The van der Waals surface area contributed by atoms with E-state index in [1.165, 1.54) is 41.3 Å². The minimum Gasteiger partial charge on any atom is -0.368 e. The van der Waals surface area contributed by atoms with Crippen molar-refractivity contribution in [1.29, 1.82) is 0 Å². The van der Waals surface area contributed by atoms with Gasteiger partial charge in [0, 0.05) is 33.6 Å². The molecule has 3 aromatic rings. The van der Waals surface area contributed by atoms with E-state index in [0.29, 0.717) is 12.6 Å². The number of benzene rings is 1. The SMILES string of the molecule is CN1CCCCC1CNc1nc2cc(C3=NN=NC3)ccc2c2sccc12. The fourth-order valence-electron chi connectivity index (χ4n) is 4.00. The van der Waals surface area contributed by atoms with Gasteiger partial charge < -0.3 is 10.2 Å². The average Bonchev–Trinajstić information content (AvgIpc) is 3.39. The Bertz CT molecular complexity index is 1050. The molecule has 1 fully saturated rings. The van der Waals surface area contributed by atoms with E-state index in [1.807, 2.05) is 0 Å². The quantitative estimate of drug-likeness (QED) is 0.726. The molecule has 2 aliphatic rings. The van der Waals surface area contributed by atoms with Crippen LogP contribution in [-0.4, -0.2) is 48.3 Å². The normalized spacial score (nSPS) is 20.5. The van der Waals surface area contributed by atoms with Crippen LogP contribution in [0.2, 0.25) is 0 Å². The number of rotatable bonds is 4. The molecular weight excluding hydrogens is 356 g/mol. The lowest BCUT2D eigenvalue weighted by molar-refractivity contribution is 0.194. The smallest absolute Gasteiger partial charge is 0.135 e. The summed E-state index contributed by atoms with van der Waals surface area (Å²) in [4.78, 5) is 7.44. The summed E-state index contributed by atoms with van der Waals surface area (Å²) in [5.74, 6) is 0.984. The molecule has 0 amide bonds. The molecule has 0 spiro atoms. The number of likely N-dealkylation sites (tertiary alicyclic amines) is 1. The highest BCUT2D eigenvalue weighted by atomic mass is 32.1. The molecule has 138 valence electrons. The number of piperidine rings is 1. The zero-order valence-electron chi connectivity index (χ0n) is 15.4. The van der Waals surface area contributed by atoms with Crippen LogP contribution in [0.15, 0.2) is 45.1 Å². The van der Waals surface area contributed by atoms with Crippen LogP contribution in [0.4, 0.5) is 5.82 Å². The van der Waals surface area contributed by atoms with Gasteiger partial charge in [-0.15, -0.1) is 16.4 Å². The first kappa shape index (κ1) is 16.8. The third kappa shape index (κ3) is 3.11. The van der Waals surface area contributed by atoms with Crippen LogP contribution in [0.25, 0.3) is 21.0 Å². The molecule has 27 heavy (non-hydrogen) atoms. The number of hydrogen-bond acceptors (Lipinski definition) is 7. The zero-order valence-corrected chi connectivity index (χ0v) is 16.2. The number of nitrogens with one attached hydrogen (secondary N) is 1. The molecule has 0 bridgehead atoms. The van der Waals surface area contributed by atoms with Crippen molar-refractivity contribution in [2.45, 2.75) is 25.3 Å². The maximum atomic E-state index is 4.98. The highest BCUT2D eigenvalue weighted by Crippen LogP contribution is 2.34. The number of pyridine rings is 1. The lowest BCUT2D eigenvalue weighted by Gasteiger charge is -2.32. The van der Waals surface area contributed by atoms with Crippen molar-refractivity contribution in [3.05, 3.63) is 35.2 Å². The fraction of sp³-hybridized carbons (Fsp3) is 0.400. The summed E-state index contributed by atoms with van der Waals surface area (Å²) >= 11 is 1.77. The van der Waals surface area contributed by atoms with Gasteiger partial charge in [0.25, 0.3) is 0 Å². The Labute approximate surface area is 162 Å². The van der Waals surface area contributed by atoms with Crippen molar-refractivity contribution >= 4 is 43.9 Å². The molecule has 1 N–H and O–H groups in total. The molecule has 0 aliphatic carbocycles. The lowest BCUT2D eigenvalue weighted by atomic mass is 10.0. The molecule has 4 heterocycles. The highest BCUT2D eigenvalue weighted by Gasteiger charge is 2.19. The van der Waals surface area contributed by atoms with Crippen LogP contribution in [0.1, 0.15) is 24.8 Å². The Morgan fingerprint density at radius 1 is 1.22 bits per heavy atom. The van der Waals surface area contributed by atoms with Crippen LogP contribution in [0.3, 0.4) is 0 Å². The van der Waals surface area contributed by atoms with Crippen LogP contribution < -0.4 is 5.32 Å². The third-order valence-corrected chi connectivity index (χ3v) is 6.55. The summed E-state index contributed by atoms with van der Waals surface area (Å²) < 4.78 is 1.29. The van der Waals surface area contributed by atoms with E-state index < -0.39 is 0 Å². The summed E-state index contributed by atoms with van der Waals surface area (Å²) in [6, 6.07) is 9.11. The highest BCUT2D eigenvalue weighted by molar-refractivity contribution is 7.18. The van der Waals surface area contributed by atoms with Crippen molar-refractivity contribution in [3.63, 3.8) is 0 Å². The van der Waals surface area contributed by atoms with E-state index in [-0.39, 0.29) is 0 Å². The van der Waals surface area contributed by atoms with Gasteiger partial charge in [0.05, 0.1) is 11.2 Å². The molecule has 0 saturated carbocycles.